The van der Waals surface area contributed by atoms with E-state index in [0.29, 0.717) is 17.3 Å². The molecular weight excluding hydrogens is 258 g/mol. The number of aromatic nitrogens is 3. The molecular formula is C11H10ClN3OS. The van der Waals surface area contributed by atoms with Gasteiger partial charge in [0, 0.05) is 11.3 Å². The lowest BCUT2D eigenvalue weighted by Gasteiger charge is -2.19. The zero-order chi connectivity index (χ0) is 11.8. The van der Waals surface area contributed by atoms with Gasteiger partial charge in [0.1, 0.15) is 0 Å². The minimum absolute atomic E-state index is 0.357. The van der Waals surface area contributed by atoms with Crippen LogP contribution in [0.1, 0.15) is 0 Å². The van der Waals surface area contributed by atoms with Crippen LogP contribution < -0.4 is 0 Å². The standard InChI is InChI=1S/C11H10ClN3OS/c12-9-4-2-1-3-8(9)10-13-14-11-15(10)5-7(16)6-17-11/h1-4,7,16H,5-6H2/t7-/m0/s1. The Labute approximate surface area is 108 Å². The van der Waals surface area contributed by atoms with E-state index >= 15 is 0 Å². The molecule has 6 heteroatoms. The first-order chi connectivity index (χ1) is 8.25. The van der Waals surface area contributed by atoms with E-state index in [4.69, 9.17) is 11.6 Å². The summed E-state index contributed by atoms with van der Waals surface area (Å²) in [4.78, 5) is 0. The number of rotatable bonds is 1. The van der Waals surface area contributed by atoms with E-state index in [1.165, 1.54) is 11.8 Å². The van der Waals surface area contributed by atoms with Crippen LogP contribution in [-0.4, -0.2) is 31.7 Å². The Morgan fingerprint density at radius 3 is 3.00 bits per heavy atom. The second-order valence-electron chi connectivity index (χ2n) is 3.86. The summed E-state index contributed by atoms with van der Waals surface area (Å²) in [6.45, 7) is 0.524. The summed E-state index contributed by atoms with van der Waals surface area (Å²) in [7, 11) is 0. The van der Waals surface area contributed by atoms with E-state index in [1.807, 2.05) is 28.8 Å². The summed E-state index contributed by atoms with van der Waals surface area (Å²) in [5.74, 6) is 1.39. The van der Waals surface area contributed by atoms with Crippen LogP contribution in [0, 0.1) is 0 Å². The molecule has 0 aliphatic carbocycles. The fraction of sp³-hybridized carbons (Fsp3) is 0.273. The second-order valence-corrected chi connectivity index (χ2v) is 5.26. The van der Waals surface area contributed by atoms with Gasteiger partial charge in [0.15, 0.2) is 11.0 Å². The fourth-order valence-corrected chi connectivity index (χ4v) is 2.92. The number of hydrogen-bond acceptors (Lipinski definition) is 4. The first-order valence-electron chi connectivity index (χ1n) is 5.24. The molecule has 1 aliphatic heterocycles. The maximum Gasteiger partial charge on any atom is 0.191 e. The van der Waals surface area contributed by atoms with Gasteiger partial charge in [-0.05, 0) is 12.1 Å². The molecule has 2 heterocycles. The average molecular weight is 268 g/mol. The number of nitrogens with zero attached hydrogens (tertiary/aromatic N) is 3. The molecule has 17 heavy (non-hydrogen) atoms. The molecule has 1 aliphatic rings. The van der Waals surface area contributed by atoms with Gasteiger partial charge >= 0.3 is 0 Å². The Bertz CT molecular complexity index is 557. The van der Waals surface area contributed by atoms with E-state index in [2.05, 4.69) is 10.2 Å². The first-order valence-corrected chi connectivity index (χ1v) is 6.61. The molecule has 3 rings (SSSR count). The summed E-state index contributed by atoms with van der Waals surface area (Å²) in [5.41, 5.74) is 0.850. The van der Waals surface area contributed by atoms with Crippen LogP contribution in [0.4, 0.5) is 0 Å². The lowest BCUT2D eigenvalue weighted by molar-refractivity contribution is 0.171. The molecule has 0 radical (unpaired) electrons. The molecule has 0 spiro atoms. The second kappa shape index (κ2) is 4.33. The van der Waals surface area contributed by atoms with Gasteiger partial charge in [-0.3, -0.25) is 4.57 Å². The Balaban J connectivity index is 2.11. The van der Waals surface area contributed by atoms with Crippen molar-refractivity contribution in [1.82, 2.24) is 14.8 Å². The molecule has 4 nitrogen and oxygen atoms in total. The zero-order valence-corrected chi connectivity index (χ0v) is 10.4. The molecule has 0 saturated carbocycles. The maximum atomic E-state index is 9.68. The van der Waals surface area contributed by atoms with Crippen LogP contribution in [0.25, 0.3) is 11.4 Å². The first kappa shape index (κ1) is 11.1. The van der Waals surface area contributed by atoms with Crippen molar-refractivity contribution < 1.29 is 5.11 Å². The molecule has 88 valence electrons. The third-order valence-electron chi connectivity index (χ3n) is 2.63. The van der Waals surface area contributed by atoms with Crippen molar-refractivity contribution in [3.05, 3.63) is 29.3 Å². The monoisotopic (exact) mass is 267 g/mol. The quantitative estimate of drug-likeness (QED) is 0.859. The minimum atomic E-state index is -0.357. The Hall–Kier alpha value is -1.04. The van der Waals surface area contributed by atoms with Gasteiger partial charge in [-0.25, -0.2) is 0 Å². The van der Waals surface area contributed by atoms with Crippen molar-refractivity contribution in [3.8, 4) is 11.4 Å². The van der Waals surface area contributed by atoms with Gasteiger partial charge < -0.3 is 5.11 Å². The highest BCUT2D eigenvalue weighted by Crippen LogP contribution is 2.31. The summed E-state index contributed by atoms with van der Waals surface area (Å²) in [6, 6.07) is 7.52. The molecule has 0 saturated heterocycles. The van der Waals surface area contributed by atoms with E-state index in [0.717, 1.165) is 16.5 Å². The molecule has 1 aromatic heterocycles. The highest BCUT2D eigenvalue weighted by Gasteiger charge is 2.23. The molecule has 2 aromatic rings. The van der Waals surface area contributed by atoms with Crippen LogP contribution in [0.15, 0.2) is 29.4 Å². The van der Waals surface area contributed by atoms with Gasteiger partial charge in [-0.2, -0.15) is 0 Å². The number of aliphatic hydroxyl groups excluding tert-OH is 1. The summed E-state index contributed by atoms with van der Waals surface area (Å²) >= 11 is 7.66. The van der Waals surface area contributed by atoms with Gasteiger partial charge in [-0.15, -0.1) is 10.2 Å². The Kier molecular flexibility index (Phi) is 2.82. The summed E-state index contributed by atoms with van der Waals surface area (Å²) < 4.78 is 1.92. The van der Waals surface area contributed by atoms with Crippen LogP contribution in [0.3, 0.4) is 0 Å². The average Bonchev–Trinajstić information content (AvgIpc) is 2.72. The molecule has 0 bridgehead atoms. The molecule has 1 N–H and O–H groups in total. The highest BCUT2D eigenvalue weighted by atomic mass is 35.5. The van der Waals surface area contributed by atoms with Crippen LogP contribution in [-0.2, 0) is 6.54 Å². The normalized spacial score (nSPS) is 19.1. The van der Waals surface area contributed by atoms with Crippen LogP contribution >= 0.6 is 23.4 Å². The van der Waals surface area contributed by atoms with Gasteiger partial charge in [-0.1, -0.05) is 35.5 Å². The van der Waals surface area contributed by atoms with E-state index < -0.39 is 0 Å². The number of hydrogen-bond donors (Lipinski definition) is 1. The third kappa shape index (κ3) is 1.94. The molecule has 0 fully saturated rings. The predicted octanol–water partition coefficient (Wildman–Crippen LogP) is 2.07. The van der Waals surface area contributed by atoms with Crippen molar-refractivity contribution in [3.63, 3.8) is 0 Å². The lowest BCUT2D eigenvalue weighted by atomic mass is 10.2. The summed E-state index contributed by atoms with van der Waals surface area (Å²) in [6.07, 6.45) is -0.357. The minimum Gasteiger partial charge on any atom is -0.390 e. The number of thioether (sulfide) groups is 1. The summed E-state index contributed by atoms with van der Waals surface area (Å²) in [5, 5.41) is 19.4. The predicted molar refractivity (Wildman–Crippen MR) is 67.2 cm³/mol. The Morgan fingerprint density at radius 1 is 1.35 bits per heavy atom. The largest absolute Gasteiger partial charge is 0.390 e. The van der Waals surface area contributed by atoms with Gasteiger partial charge in [0.05, 0.1) is 17.7 Å². The molecule has 0 unspecified atom stereocenters. The highest BCUT2D eigenvalue weighted by molar-refractivity contribution is 7.99. The smallest absolute Gasteiger partial charge is 0.191 e. The lowest BCUT2D eigenvalue weighted by Crippen LogP contribution is -2.24. The van der Waals surface area contributed by atoms with E-state index in [9.17, 15) is 5.11 Å². The van der Waals surface area contributed by atoms with Crippen LogP contribution in [0.2, 0.25) is 5.02 Å². The number of fused-ring (bicyclic) bond motifs is 1. The topological polar surface area (TPSA) is 50.9 Å². The van der Waals surface area contributed by atoms with Crippen molar-refractivity contribution >= 4 is 23.4 Å². The van der Waals surface area contributed by atoms with Crippen molar-refractivity contribution in [2.75, 3.05) is 5.75 Å². The number of benzene rings is 1. The van der Waals surface area contributed by atoms with Crippen LogP contribution in [0.5, 0.6) is 0 Å². The Morgan fingerprint density at radius 2 is 2.18 bits per heavy atom. The molecule has 1 atom stereocenters. The van der Waals surface area contributed by atoms with Crippen molar-refractivity contribution in [2.45, 2.75) is 17.8 Å². The molecule has 0 amide bonds. The third-order valence-corrected chi connectivity index (χ3v) is 4.07. The molecule has 1 aromatic carbocycles. The van der Waals surface area contributed by atoms with Gasteiger partial charge in [0.25, 0.3) is 0 Å². The van der Waals surface area contributed by atoms with Crippen molar-refractivity contribution in [2.24, 2.45) is 0 Å². The maximum absolute atomic E-state index is 9.68. The van der Waals surface area contributed by atoms with E-state index in [1.54, 1.807) is 0 Å². The van der Waals surface area contributed by atoms with E-state index in [-0.39, 0.29) is 6.10 Å². The number of aliphatic hydroxyl groups is 1. The SMILES string of the molecule is O[C@@H]1CSc2nnc(-c3ccccc3Cl)n2C1. The van der Waals surface area contributed by atoms with Gasteiger partial charge in [0.2, 0.25) is 0 Å². The fourth-order valence-electron chi connectivity index (χ4n) is 1.84. The zero-order valence-electron chi connectivity index (χ0n) is 8.88. The van der Waals surface area contributed by atoms with Crippen molar-refractivity contribution in [1.29, 1.82) is 0 Å². The number of halogens is 1.